The van der Waals surface area contributed by atoms with Crippen molar-refractivity contribution in [1.82, 2.24) is 9.80 Å². The molecule has 1 aliphatic rings. The number of hydrogen-bond donors (Lipinski definition) is 0. The Morgan fingerprint density at radius 1 is 1.00 bits per heavy atom. The van der Waals surface area contributed by atoms with Crippen molar-refractivity contribution >= 4 is 28.6 Å². The number of hydrogen-bond acceptors (Lipinski definition) is 6. The number of aryl methyl sites for hydroxylation is 1. The zero-order valence-corrected chi connectivity index (χ0v) is 19.6. The molecule has 0 aromatic heterocycles. The number of likely N-dealkylation sites (N-methyl/N-ethyl adjacent to an activating group) is 1. The largest absolute Gasteiger partial charge is 0.460 e. The van der Waals surface area contributed by atoms with Gasteiger partial charge in [-0.2, -0.15) is 0 Å². The van der Waals surface area contributed by atoms with Crippen LogP contribution >= 0.6 is 0 Å². The third kappa shape index (κ3) is 5.53. The number of esters is 1. The highest BCUT2D eigenvalue weighted by Crippen LogP contribution is 2.31. The van der Waals surface area contributed by atoms with E-state index in [4.69, 9.17) is 9.47 Å². The number of carbonyl (C=O) groups is 3. The van der Waals surface area contributed by atoms with Gasteiger partial charge in [-0.1, -0.05) is 18.2 Å². The first-order valence-electron chi connectivity index (χ1n) is 10.9. The molecule has 0 fully saturated rings. The van der Waals surface area contributed by atoms with Crippen molar-refractivity contribution in [2.75, 3.05) is 39.9 Å². The summed E-state index contributed by atoms with van der Waals surface area (Å²) in [4.78, 5) is 40.9. The minimum atomic E-state index is -0.479. The predicted molar refractivity (Wildman–Crippen MR) is 123 cm³/mol. The van der Waals surface area contributed by atoms with E-state index in [2.05, 4.69) is 0 Å². The fourth-order valence-electron chi connectivity index (χ4n) is 3.76. The molecule has 1 heterocycles. The first-order valence-corrected chi connectivity index (χ1v) is 10.9. The summed E-state index contributed by atoms with van der Waals surface area (Å²) in [5, 5.41) is 1.68. The van der Waals surface area contributed by atoms with Crippen LogP contribution in [0.25, 0.3) is 10.8 Å². The van der Waals surface area contributed by atoms with Gasteiger partial charge in [0.15, 0.2) is 0 Å². The lowest BCUT2D eigenvalue weighted by Gasteiger charge is -2.27. The second-order valence-electron chi connectivity index (χ2n) is 9.17. The van der Waals surface area contributed by atoms with Crippen molar-refractivity contribution in [3.05, 3.63) is 47.0 Å². The molecule has 32 heavy (non-hydrogen) atoms. The molecule has 0 bridgehead atoms. The van der Waals surface area contributed by atoms with E-state index < -0.39 is 5.60 Å². The molecular formula is C25H32N2O5. The number of ether oxygens (including phenoxy) is 2. The lowest BCUT2D eigenvalue weighted by atomic mass is 9.92. The van der Waals surface area contributed by atoms with Gasteiger partial charge in [0.05, 0.1) is 26.2 Å². The van der Waals surface area contributed by atoms with Gasteiger partial charge in [0, 0.05) is 29.6 Å². The van der Waals surface area contributed by atoms with Crippen LogP contribution in [0.5, 0.6) is 0 Å². The molecule has 7 heteroatoms. The number of carbonyl (C=O) groups excluding carboxylic acids is 3. The molecule has 0 atom stereocenters. The average molecular weight is 441 g/mol. The van der Waals surface area contributed by atoms with Crippen molar-refractivity contribution in [2.45, 2.75) is 39.7 Å². The summed E-state index contributed by atoms with van der Waals surface area (Å²) in [6, 6.07) is 9.27. The van der Waals surface area contributed by atoms with Gasteiger partial charge in [-0.05, 0) is 57.8 Å². The van der Waals surface area contributed by atoms with Crippen LogP contribution in [0.4, 0.5) is 0 Å². The fraction of sp³-hybridized carbons (Fsp3) is 0.480. The van der Waals surface area contributed by atoms with Gasteiger partial charge < -0.3 is 14.4 Å². The zero-order chi connectivity index (χ0) is 23.5. The van der Waals surface area contributed by atoms with Crippen LogP contribution in [0.2, 0.25) is 0 Å². The minimum Gasteiger partial charge on any atom is -0.460 e. The molecule has 0 radical (unpaired) electrons. The van der Waals surface area contributed by atoms with E-state index in [1.165, 1.54) is 4.90 Å². The maximum Gasteiger partial charge on any atom is 0.307 e. The molecule has 0 N–H and O–H groups in total. The first-order chi connectivity index (χ1) is 15.1. The standard InChI is InChI=1S/C25H32N2O5/c1-17-9-10-20-22-18(17)7-6-8-19(22)23(29)27(24(20)30)14-16-31-15-13-26(5)12-11-21(28)32-25(2,3)4/h6-10H,11-16H2,1-5H3. The van der Waals surface area contributed by atoms with E-state index in [-0.39, 0.29) is 30.9 Å². The van der Waals surface area contributed by atoms with Crippen molar-refractivity contribution in [3.8, 4) is 0 Å². The smallest absolute Gasteiger partial charge is 0.307 e. The number of rotatable bonds is 9. The maximum atomic E-state index is 12.9. The second kappa shape index (κ2) is 9.79. The molecule has 172 valence electrons. The Balaban J connectivity index is 1.47. The van der Waals surface area contributed by atoms with E-state index in [1.54, 1.807) is 12.1 Å². The second-order valence-corrected chi connectivity index (χ2v) is 9.17. The molecule has 0 unspecified atom stereocenters. The van der Waals surface area contributed by atoms with E-state index in [0.717, 1.165) is 16.3 Å². The van der Waals surface area contributed by atoms with Gasteiger partial charge in [0.2, 0.25) is 0 Å². The fourth-order valence-corrected chi connectivity index (χ4v) is 3.76. The number of imide groups is 1. The molecule has 0 saturated heterocycles. The summed E-state index contributed by atoms with van der Waals surface area (Å²) in [6.07, 6.45) is 0.314. The highest BCUT2D eigenvalue weighted by atomic mass is 16.6. The van der Waals surface area contributed by atoms with Crippen molar-refractivity contribution in [1.29, 1.82) is 0 Å². The van der Waals surface area contributed by atoms with Crippen LogP contribution in [-0.4, -0.2) is 73.1 Å². The lowest BCUT2D eigenvalue weighted by molar-refractivity contribution is -0.155. The third-order valence-electron chi connectivity index (χ3n) is 5.40. The molecule has 0 spiro atoms. The van der Waals surface area contributed by atoms with Gasteiger partial charge >= 0.3 is 5.97 Å². The van der Waals surface area contributed by atoms with Crippen LogP contribution < -0.4 is 0 Å². The van der Waals surface area contributed by atoms with Crippen molar-refractivity contribution in [2.24, 2.45) is 0 Å². The van der Waals surface area contributed by atoms with Gasteiger partial charge in [-0.25, -0.2) is 0 Å². The molecule has 2 amide bonds. The van der Waals surface area contributed by atoms with Crippen molar-refractivity contribution in [3.63, 3.8) is 0 Å². The Bertz CT molecular complexity index is 1000. The van der Waals surface area contributed by atoms with Gasteiger partial charge in [0.1, 0.15) is 5.60 Å². The number of nitrogens with zero attached hydrogens (tertiary/aromatic N) is 2. The predicted octanol–water partition coefficient (Wildman–Crippen LogP) is 3.42. The summed E-state index contributed by atoms with van der Waals surface area (Å²) in [5.41, 5.74) is 1.68. The monoisotopic (exact) mass is 440 g/mol. The zero-order valence-electron chi connectivity index (χ0n) is 19.6. The van der Waals surface area contributed by atoms with Crippen LogP contribution in [0.15, 0.2) is 30.3 Å². The Labute approximate surface area is 189 Å². The Hall–Kier alpha value is -2.77. The Morgan fingerprint density at radius 2 is 1.69 bits per heavy atom. The SMILES string of the molecule is Cc1ccc2c3c(cccc13)C(=O)N(CCOCCN(C)CCC(=O)OC(C)(C)C)C2=O. The first kappa shape index (κ1) is 23.9. The topological polar surface area (TPSA) is 76.2 Å². The van der Waals surface area contributed by atoms with Crippen LogP contribution in [0.3, 0.4) is 0 Å². The van der Waals surface area contributed by atoms with E-state index in [9.17, 15) is 14.4 Å². The van der Waals surface area contributed by atoms with Gasteiger partial charge in [-0.3, -0.25) is 19.3 Å². The molecule has 7 nitrogen and oxygen atoms in total. The molecule has 2 aromatic carbocycles. The molecular weight excluding hydrogens is 408 g/mol. The molecule has 1 aliphatic heterocycles. The van der Waals surface area contributed by atoms with Gasteiger partial charge in [-0.15, -0.1) is 0 Å². The summed E-state index contributed by atoms with van der Waals surface area (Å²) in [5.74, 6) is -0.786. The van der Waals surface area contributed by atoms with E-state index in [0.29, 0.717) is 37.2 Å². The minimum absolute atomic E-state index is 0.197. The average Bonchev–Trinajstić information content (AvgIpc) is 2.72. The quantitative estimate of drug-likeness (QED) is 0.338. The lowest BCUT2D eigenvalue weighted by Crippen LogP contribution is -2.42. The van der Waals surface area contributed by atoms with Crippen LogP contribution in [0.1, 0.15) is 53.5 Å². The molecule has 0 saturated carbocycles. The molecule has 2 aromatic rings. The molecule has 3 rings (SSSR count). The highest BCUT2D eigenvalue weighted by molar-refractivity contribution is 6.25. The molecule has 0 aliphatic carbocycles. The Morgan fingerprint density at radius 3 is 2.38 bits per heavy atom. The van der Waals surface area contributed by atoms with Crippen LogP contribution in [0, 0.1) is 6.92 Å². The number of benzene rings is 2. The highest BCUT2D eigenvalue weighted by Gasteiger charge is 2.32. The number of amides is 2. The Kier molecular flexibility index (Phi) is 7.31. The normalized spacial score (nSPS) is 13.9. The summed E-state index contributed by atoms with van der Waals surface area (Å²) in [7, 11) is 1.91. The van der Waals surface area contributed by atoms with Crippen molar-refractivity contribution < 1.29 is 23.9 Å². The van der Waals surface area contributed by atoms with Crippen LogP contribution in [-0.2, 0) is 14.3 Å². The summed E-state index contributed by atoms with van der Waals surface area (Å²) >= 11 is 0. The van der Waals surface area contributed by atoms with E-state index in [1.807, 2.05) is 57.8 Å². The maximum absolute atomic E-state index is 12.9. The van der Waals surface area contributed by atoms with E-state index >= 15 is 0 Å². The summed E-state index contributed by atoms with van der Waals surface area (Å²) in [6.45, 7) is 9.61. The van der Waals surface area contributed by atoms with Gasteiger partial charge in [0.25, 0.3) is 11.8 Å². The summed E-state index contributed by atoms with van der Waals surface area (Å²) < 4.78 is 11.0. The third-order valence-corrected chi connectivity index (χ3v) is 5.40.